The molecular weight excluding hydrogens is 134 g/mol. The summed E-state index contributed by atoms with van der Waals surface area (Å²) in [5.74, 6) is 0.576. The van der Waals surface area contributed by atoms with E-state index in [4.69, 9.17) is 4.55 Å². The van der Waals surface area contributed by atoms with E-state index in [1.165, 1.54) is 0 Å². The second-order valence-corrected chi connectivity index (χ2v) is 2.10. The van der Waals surface area contributed by atoms with Gasteiger partial charge in [-0.15, -0.1) is 0 Å². The van der Waals surface area contributed by atoms with Crippen LogP contribution in [0.1, 0.15) is 0 Å². The highest BCUT2D eigenvalue weighted by molar-refractivity contribution is 7.80. The van der Waals surface area contributed by atoms with Gasteiger partial charge in [-0.05, 0) is 0 Å². The van der Waals surface area contributed by atoms with Crippen LogP contribution in [0.4, 0.5) is 0 Å². The lowest BCUT2D eigenvalue weighted by atomic mass is 10.8. The Morgan fingerprint density at radius 1 is 1.86 bits per heavy atom. The molecule has 0 rings (SSSR count). The minimum Gasteiger partial charge on any atom is -0.294 e. The summed E-state index contributed by atoms with van der Waals surface area (Å²) in [4.78, 5) is 0. The van der Waals surface area contributed by atoms with Gasteiger partial charge >= 0.3 is 0 Å². The van der Waals surface area contributed by atoms with Gasteiger partial charge in [-0.3, -0.25) is 4.55 Å². The molecule has 0 bridgehead atoms. The SMILES string of the molecule is O=S(O)NCCS. The van der Waals surface area contributed by atoms with Crippen molar-refractivity contribution in [2.45, 2.75) is 0 Å². The summed E-state index contributed by atoms with van der Waals surface area (Å²) in [6, 6.07) is 0. The van der Waals surface area contributed by atoms with Crippen molar-refractivity contribution in [3.8, 4) is 0 Å². The Balaban J connectivity index is 2.82. The van der Waals surface area contributed by atoms with Gasteiger partial charge in [0.05, 0.1) is 0 Å². The van der Waals surface area contributed by atoms with Gasteiger partial charge in [0.25, 0.3) is 0 Å². The fourth-order valence-corrected chi connectivity index (χ4v) is 0.673. The first kappa shape index (κ1) is 7.42. The third-order valence-electron chi connectivity index (χ3n) is 0.337. The van der Waals surface area contributed by atoms with Crippen LogP contribution in [0.2, 0.25) is 0 Å². The molecule has 0 aromatic carbocycles. The van der Waals surface area contributed by atoms with E-state index >= 15 is 0 Å². The summed E-state index contributed by atoms with van der Waals surface area (Å²) in [7, 11) is 0. The largest absolute Gasteiger partial charge is 0.294 e. The monoisotopic (exact) mass is 141 g/mol. The van der Waals surface area contributed by atoms with Crippen molar-refractivity contribution in [2.24, 2.45) is 0 Å². The van der Waals surface area contributed by atoms with Crippen molar-refractivity contribution in [1.29, 1.82) is 0 Å². The molecule has 1 unspecified atom stereocenters. The van der Waals surface area contributed by atoms with E-state index in [0.29, 0.717) is 12.3 Å². The lowest BCUT2D eigenvalue weighted by molar-refractivity contribution is 0.551. The molecule has 7 heavy (non-hydrogen) atoms. The number of nitrogens with one attached hydrogen (secondary N) is 1. The third kappa shape index (κ3) is 6.42. The molecule has 0 radical (unpaired) electrons. The van der Waals surface area contributed by atoms with Crippen LogP contribution in [0.5, 0.6) is 0 Å². The molecule has 1 atom stereocenters. The molecule has 0 aliphatic carbocycles. The maximum atomic E-state index is 9.72. The minimum absolute atomic E-state index is 0.465. The molecule has 3 nitrogen and oxygen atoms in total. The van der Waals surface area contributed by atoms with Gasteiger partial charge in [0.2, 0.25) is 11.3 Å². The molecule has 0 saturated heterocycles. The molecule has 44 valence electrons. The molecular formula is C2H7NO2S2. The normalized spacial score (nSPS) is 14.0. The summed E-state index contributed by atoms with van der Waals surface area (Å²) >= 11 is 1.92. The van der Waals surface area contributed by atoms with E-state index in [-0.39, 0.29) is 0 Å². The smallest absolute Gasteiger partial charge is 0.231 e. The van der Waals surface area contributed by atoms with Crippen LogP contribution >= 0.6 is 12.6 Å². The molecule has 0 aliphatic rings. The van der Waals surface area contributed by atoms with Gasteiger partial charge in [0.15, 0.2) is 0 Å². The Morgan fingerprint density at radius 2 is 2.43 bits per heavy atom. The molecule has 0 fully saturated rings. The Morgan fingerprint density at radius 3 is 2.57 bits per heavy atom. The first-order chi connectivity index (χ1) is 3.27. The van der Waals surface area contributed by atoms with E-state index in [9.17, 15) is 4.21 Å². The maximum Gasteiger partial charge on any atom is 0.231 e. The Labute approximate surface area is 50.3 Å². The van der Waals surface area contributed by atoms with E-state index < -0.39 is 11.3 Å². The van der Waals surface area contributed by atoms with Crippen molar-refractivity contribution in [1.82, 2.24) is 4.72 Å². The van der Waals surface area contributed by atoms with E-state index in [0.717, 1.165) is 0 Å². The number of hydrogen-bond acceptors (Lipinski definition) is 2. The second kappa shape index (κ2) is 4.58. The van der Waals surface area contributed by atoms with E-state index in [1.807, 2.05) is 0 Å². The van der Waals surface area contributed by atoms with Crippen LogP contribution < -0.4 is 4.72 Å². The van der Waals surface area contributed by atoms with Crippen LogP contribution in [0.25, 0.3) is 0 Å². The standard InChI is InChI=1S/C2H7NO2S2/c4-7(5)3-1-2-6/h3,6H,1-2H2,(H,4,5). The summed E-state index contributed by atoms with van der Waals surface area (Å²) in [6.45, 7) is 0.465. The molecule has 0 aromatic rings. The molecule has 0 spiro atoms. The number of thiol groups is 1. The van der Waals surface area contributed by atoms with Crippen LogP contribution in [0, 0.1) is 0 Å². The fraction of sp³-hybridized carbons (Fsp3) is 1.00. The predicted molar refractivity (Wildman–Crippen MR) is 32.6 cm³/mol. The Kier molecular flexibility index (Phi) is 4.85. The quantitative estimate of drug-likeness (QED) is 0.371. The molecule has 0 heterocycles. The average molecular weight is 141 g/mol. The van der Waals surface area contributed by atoms with Gasteiger partial charge in [-0.1, -0.05) is 0 Å². The van der Waals surface area contributed by atoms with Gasteiger partial charge in [0.1, 0.15) is 0 Å². The Bertz CT molecular complexity index is 66.7. The minimum atomic E-state index is -1.86. The molecule has 0 amide bonds. The maximum absolute atomic E-state index is 9.72. The molecule has 2 N–H and O–H groups in total. The van der Waals surface area contributed by atoms with Crippen LogP contribution in [0.3, 0.4) is 0 Å². The van der Waals surface area contributed by atoms with Crippen molar-refractivity contribution in [3.63, 3.8) is 0 Å². The lowest BCUT2D eigenvalue weighted by Gasteiger charge is -1.90. The number of rotatable bonds is 3. The molecule has 0 aliphatic heterocycles. The highest BCUT2D eigenvalue weighted by atomic mass is 32.2. The topological polar surface area (TPSA) is 49.3 Å². The van der Waals surface area contributed by atoms with Gasteiger partial charge in [0, 0.05) is 12.3 Å². The highest BCUT2D eigenvalue weighted by Crippen LogP contribution is 1.68. The summed E-state index contributed by atoms with van der Waals surface area (Å²) in [5, 5.41) is 0. The average Bonchev–Trinajstić information content (AvgIpc) is 1.61. The zero-order chi connectivity index (χ0) is 5.70. The predicted octanol–water partition coefficient (Wildman–Crippen LogP) is -0.357. The lowest BCUT2D eigenvalue weighted by Crippen LogP contribution is -2.18. The Hall–Kier alpha value is 0.420. The van der Waals surface area contributed by atoms with Crippen LogP contribution in [0.15, 0.2) is 0 Å². The van der Waals surface area contributed by atoms with Crippen molar-refractivity contribution >= 4 is 23.9 Å². The van der Waals surface area contributed by atoms with Gasteiger partial charge < -0.3 is 0 Å². The first-order valence-corrected chi connectivity index (χ1v) is 3.46. The summed E-state index contributed by atoms with van der Waals surface area (Å²) < 4.78 is 20.0. The first-order valence-electron chi connectivity index (χ1n) is 1.72. The zero-order valence-corrected chi connectivity index (χ0v) is 5.34. The second-order valence-electron chi connectivity index (χ2n) is 0.867. The van der Waals surface area contributed by atoms with Crippen molar-refractivity contribution in [3.05, 3.63) is 0 Å². The van der Waals surface area contributed by atoms with E-state index in [1.54, 1.807) is 0 Å². The van der Waals surface area contributed by atoms with Crippen LogP contribution in [-0.4, -0.2) is 21.1 Å². The highest BCUT2D eigenvalue weighted by Gasteiger charge is 1.84. The summed E-state index contributed by atoms with van der Waals surface area (Å²) in [6.07, 6.45) is 0. The molecule has 0 saturated carbocycles. The summed E-state index contributed by atoms with van der Waals surface area (Å²) in [5.41, 5.74) is 0. The van der Waals surface area contributed by atoms with Gasteiger partial charge in [-0.25, -0.2) is 8.93 Å². The zero-order valence-electron chi connectivity index (χ0n) is 3.63. The van der Waals surface area contributed by atoms with Gasteiger partial charge in [-0.2, -0.15) is 12.6 Å². The van der Waals surface area contributed by atoms with Crippen molar-refractivity contribution in [2.75, 3.05) is 12.3 Å². The number of hydrogen-bond donors (Lipinski definition) is 3. The fourth-order valence-electron chi connectivity index (χ4n) is 0.133. The van der Waals surface area contributed by atoms with E-state index in [2.05, 4.69) is 17.4 Å². The third-order valence-corrected chi connectivity index (χ3v) is 1.01. The molecule has 0 aromatic heterocycles. The van der Waals surface area contributed by atoms with Crippen LogP contribution in [-0.2, 0) is 11.3 Å². The van der Waals surface area contributed by atoms with Crippen molar-refractivity contribution < 1.29 is 8.76 Å². The molecule has 5 heteroatoms.